The first kappa shape index (κ1) is 8.74. The summed E-state index contributed by atoms with van der Waals surface area (Å²) in [5, 5.41) is 0. The predicted molar refractivity (Wildman–Crippen MR) is 53.2 cm³/mol. The number of hydrogen-bond acceptors (Lipinski definition) is 1. The second-order valence-electron chi connectivity index (χ2n) is 4.23. The van der Waals surface area contributed by atoms with Gasteiger partial charge in [0, 0.05) is 11.8 Å². The second-order valence-corrected chi connectivity index (χ2v) is 4.23. The van der Waals surface area contributed by atoms with Crippen molar-refractivity contribution in [2.75, 3.05) is 0 Å². The van der Waals surface area contributed by atoms with E-state index in [0.717, 1.165) is 19.3 Å². The van der Waals surface area contributed by atoms with E-state index in [9.17, 15) is 4.79 Å². The van der Waals surface area contributed by atoms with Crippen LogP contribution in [0.15, 0.2) is 25.3 Å². The number of ketones is 1. The predicted octanol–water partition coefficient (Wildman–Crippen LogP) is 2.59. The van der Waals surface area contributed by atoms with Gasteiger partial charge in [-0.1, -0.05) is 12.2 Å². The van der Waals surface area contributed by atoms with E-state index in [1.54, 1.807) is 0 Å². The van der Waals surface area contributed by atoms with Gasteiger partial charge in [0.2, 0.25) is 0 Å². The fourth-order valence-corrected chi connectivity index (χ4v) is 2.93. The molecule has 0 spiro atoms. The van der Waals surface area contributed by atoms with Crippen LogP contribution in [0.25, 0.3) is 0 Å². The highest BCUT2D eigenvalue weighted by Crippen LogP contribution is 2.46. The standard InChI is InChI=1S/C12H16O/c1-3-8-7-9(4-2)11-6-5-10(8)12(11)13/h3-4,8-11H,1-2,5-7H2. The van der Waals surface area contributed by atoms with Gasteiger partial charge in [0.15, 0.2) is 0 Å². The third-order valence-electron chi connectivity index (χ3n) is 3.70. The molecule has 0 heterocycles. The highest BCUT2D eigenvalue weighted by molar-refractivity contribution is 5.87. The summed E-state index contributed by atoms with van der Waals surface area (Å²) in [6.45, 7) is 7.64. The van der Waals surface area contributed by atoms with E-state index in [1.807, 2.05) is 12.2 Å². The van der Waals surface area contributed by atoms with Crippen LogP contribution in [0.5, 0.6) is 0 Å². The van der Waals surface area contributed by atoms with Gasteiger partial charge in [0.05, 0.1) is 0 Å². The number of rotatable bonds is 2. The number of carbonyl (C=O) groups is 1. The molecule has 2 aliphatic carbocycles. The lowest BCUT2D eigenvalue weighted by molar-refractivity contribution is -0.128. The Bertz CT molecular complexity index is 230. The van der Waals surface area contributed by atoms with Crippen LogP contribution in [0.4, 0.5) is 0 Å². The largest absolute Gasteiger partial charge is 0.299 e. The minimum absolute atomic E-state index is 0.290. The molecule has 0 aromatic heterocycles. The Labute approximate surface area is 79.5 Å². The molecule has 1 heteroatoms. The maximum Gasteiger partial charge on any atom is 0.140 e. The lowest BCUT2D eigenvalue weighted by Crippen LogP contribution is -2.32. The molecule has 0 aromatic carbocycles. The molecule has 1 nitrogen and oxygen atoms in total. The Hall–Kier alpha value is -0.850. The molecule has 0 amide bonds. The first-order valence-corrected chi connectivity index (χ1v) is 5.06. The van der Waals surface area contributed by atoms with Crippen LogP contribution in [-0.4, -0.2) is 5.78 Å². The molecule has 0 saturated heterocycles. The first-order chi connectivity index (χ1) is 6.27. The molecule has 4 atom stereocenters. The van der Waals surface area contributed by atoms with Crippen molar-refractivity contribution in [2.45, 2.75) is 19.3 Å². The molecule has 0 aromatic rings. The van der Waals surface area contributed by atoms with Crippen molar-refractivity contribution in [1.82, 2.24) is 0 Å². The van der Waals surface area contributed by atoms with Crippen LogP contribution in [0.1, 0.15) is 19.3 Å². The fourth-order valence-electron chi connectivity index (χ4n) is 2.93. The Morgan fingerprint density at radius 3 is 1.92 bits per heavy atom. The van der Waals surface area contributed by atoms with Gasteiger partial charge in [0.25, 0.3) is 0 Å². The molecule has 4 unspecified atom stereocenters. The number of fused-ring (bicyclic) bond motifs is 2. The van der Waals surface area contributed by atoms with Crippen molar-refractivity contribution >= 4 is 5.78 Å². The summed E-state index contributed by atoms with van der Waals surface area (Å²) >= 11 is 0. The molecule has 70 valence electrons. The quantitative estimate of drug-likeness (QED) is 0.591. The Morgan fingerprint density at radius 1 is 1.08 bits per heavy atom. The smallest absolute Gasteiger partial charge is 0.140 e. The number of Topliss-reactive ketones (excluding diaryl/α,β-unsaturated/α-hetero) is 1. The van der Waals surface area contributed by atoms with Crippen LogP contribution in [0.2, 0.25) is 0 Å². The van der Waals surface area contributed by atoms with Crippen molar-refractivity contribution < 1.29 is 4.79 Å². The molecule has 0 aliphatic heterocycles. The van der Waals surface area contributed by atoms with Crippen LogP contribution in [0.3, 0.4) is 0 Å². The fraction of sp³-hybridized carbons (Fsp3) is 0.583. The molecular weight excluding hydrogens is 160 g/mol. The zero-order valence-electron chi connectivity index (χ0n) is 7.91. The van der Waals surface area contributed by atoms with Crippen molar-refractivity contribution in [3.63, 3.8) is 0 Å². The van der Waals surface area contributed by atoms with Gasteiger partial charge in [0.1, 0.15) is 5.78 Å². The van der Waals surface area contributed by atoms with Gasteiger partial charge >= 0.3 is 0 Å². The minimum Gasteiger partial charge on any atom is -0.299 e. The van der Waals surface area contributed by atoms with Crippen molar-refractivity contribution in [1.29, 1.82) is 0 Å². The van der Waals surface area contributed by atoms with Crippen LogP contribution in [-0.2, 0) is 4.79 Å². The maximum absolute atomic E-state index is 11.8. The van der Waals surface area contributed by atoms with Crippen LogP contribution >= 0.6 is 0 Å². The van der Waals surface area contributed by atoms with Gasteiger partial charge < -0.3 is 0 Å². The summed E-state index contributed by atoms with van der Waals surface area (Å²) in [6.07, 6.45) is 7.16. The lowest BCUT2D eigenvalue weighted by atomic mass is 9.73. The Morgan fingerprint density at radius 2 is 1.54 bits per heavy atom. The molecular formula is C12H16O. The van der Waals surface area contributed by atoms with Crippen molar-refractivity contribution in [3.8, 4) is 0 Å². The van der Waals surface area contributed by atoms with E-state index in [4.69, 9.17) is 0 Å². The van der Waals surface area contributed by atoms with Crippen LogP contribution in [0, 0.1) is 23.7 Å². The average molecular weight is 176 g/mol. The van der Waals surface area contributed by atoms with E-state index in [1.165, 1.54) is 0 Å². The average Bonchev–Trinajstić information content (AvgIpc) is 2.44. The third-order valence-corrected chi connectivity index (χ3v) is 3.70. The highest BCUT2D eigenvalue weighted by atomic mass is 16.1. The summed E-state index contributed by atoms with van der Waals surface area (Å²) in [7, 11) is 0. The number of hydrogen-bond donors (Lipinski definition) is 0. The lowest BCUT2D eigenvalue weighted by Gasteiger charge is -2.30. The summed E-state index contributed by atoms with van der Waals surface area (Å²) in [5.74, 6) is 1.88. The van der Waals surface area contributed by atoms with Gasteiger partial charge in [-0.3, -0.25) is 4.79 Å². The van der Waals surface area contributed by atoms with E-state index >= 15 is 0 Å². The topological polar surface area (TPSA) is 17.1 Å². The van der Waals surface area contributed by atoms with Gasteiger partial charge in [-0.05, 0) is 31.1 Å². The first-order valence-electron chi connectivity index (χ1n) is 5.06. The highest BCUT2D eigenvalue weighted by Gasteiger charge is 2.46. The molecule has 2 bridgehead atoms. The normalized spacial score (nSPS) is 43.2. The molecule has 0 N–H and O–H groups in total. The molecule has 2 fully saturated rings. The molecule has 0 radical (unpaired) electrons. The molecule has 2 aliphatic rings. The Kier molecular flexibility index (Phi) is 2.10. The SMILES string of the molecule is C=CC1CC(C=C)C2CCC1C2=O. The second kappa shape index (κ2) is 3.13. The van der Waals surface area contributed by atoms with E-state index < -0.39 is 0 Å². The molecule has 2 saturated carbocycles. The zero-order valence-corrected chi connectivity index (χ0v) is 7.91. The molecule has 2 rings (SSSR count). The van der Waals surface area contributed by atoms with E-state index in [0.29, 0.717) is 29.5 Å². The van der Waals surface area contributed by atoms with Crippen molar-refractivity contribution in [3.05, 3.63) is 25.3 Å². The Balaban J connectivity index is 2.26. The van der Waals surface area contributed by atoms with Gasteiger partial charge in [-0.2, -0.15) is 0 Å². The molecule has 13 heavy (non-hydrogen) atoms. The van der Waals surface area contributed by atoms with Gasteiger partial charge in [-0.25, -0.2) is 0 Å². The summed E-state index contributed by atoms with van der Waals surface area (Å²) in [4.78, 5) is 11.8. The van der Waals surface area contributed by atoms with Crippen LogP contribution < -0.4 is 0 Å². The van der Waals surface area contributed by atoms with E-state index in [-0.39, 0.29) is 0 Å². The summed E-state index contributed by atoms with van der Waals surface area (Å²) in [5.41, 5.74) is 0. The zero-order chi connectivity index (χ0) is 9.42. The third kappa shape index (κ3) is 1.18. The monoisotopic (exact) mass is 176 g/mol. The van der Waals surface area contributed by atoms with E-state index in [2.05, 4.69) is 13.2 Å². The maximum atomic E-state index is 11.8. The minimum atomic E-state index is 0.290. The number of carbonyl (C=O) groups excluding carboxylic acids is 1. The summed E-state index contributed by atoms with van der Waals surface area (Å²) in [6, 6.07) is 0. The van der Waals surface area contributed by atoms with Gasteiger partial charge in [-0.15, -0.1) is 13.2 Å². The summed E-state index contributed by atoms with van der Waals surface area (Å²) < 4.78 is 0. The van der Waals surface area contributed by atoms with Crippen molar-refractivity contribution in [2.24, 2.45) is 23.7 Å². The number of allylic oxidation sites excluding steroid dienone is 2.